The van der Waals surface area contributed by atoms with Gasteiger partial charge in [0.2, 0.25) is 6.79 Å². The summed E-state index contributed by atoms with van der Waals surface area (Å²) in [6.07, 6.45) is 0. The normalized spacial score (nSPS) is 11.9. The summed E-state index contributed by atoms with van der Waals surface area (Å²) in [5.41, 5.74) is 2.52. The van der Waals surface area contributed by atoms with E-state index in [4.69, 9.17) is 9.47 Å². The fraction of sp³-hybridized carbons (Fsp3) is 0.158. The van der Waals surface area contributed by atoms with Gasteiger partial charge in [0.25, 0.3) is 0 Å². The molecule has 0 bridgehead atoms. The molecule has 0 amide bonds. The maximum absolute atomic E-state index is 5.16. The maximum Gasteiger partial charge on any atom is 0.231 e. The average Bonchev–Trinajstić information content (AvgIpc) is 2.95. The number of rotatable bonds is 0. The van der Waals surface area contributed by atoms with Crippen molar-refractivity contribution >= 4 is 10.8 Å². The van der Waals surface area contributed by atoms with Crippen LogP contribution in [0, 0.1) is 13.8 Å². The van der Waals surface area contributed by atoms with Crippen molar-refractivity contribution in [2.24, 2.45) is 0 Å². The fourth-order valence-corrected chi connectivity index (χ4v) is 2.31. The highest BCUT2D eigenvalue weighted by molar-refractivity contribution is 5.82. The minimum Gasteiger partial charge on any atom is -0.454 e. The van der Waals surface area contributed by atoms with Crippen LogP contribution in [0.5, 0.6) is 11.5 Å². The molecule has 2 nitrogen and oxygen atoms in total. The highest BCUT2D eigenvalue weighted by atomic mass is 16.7. The van der Waals surface area contributed by atoms with Gasteiger partial charge in [0.15, 0.2) is 11.5 Å². The van der Waals surface area contributed by atoms with Crippen LogP contribution >= 0.6 is 0 Å². The summed E-state index contributed by atoms with van der Waals surface area (Å²) in [5, 5.41) is 2.64. The third-order valence-electron chi connectivity index (χ3n) is 3.43. The van der Waals surface area contributed by atoms with E-state index in [0.717, 1.165) is 11.5 Å². The first-order chi connectivity index (χ1) is 10.2. The molecule has 106 valence electrons. The first-order valence-corrected chi connectivity index (χ1v) is 7.04. The molecule has 0 radical (unpaired) electrons. The average molecular weight is 278 g/mol. The molecule has 0 aliphatic carbocycles. The van der Waals surface area contributed by atoms with Crippen LogP contribution in [0.4, 0.5) is 0 Å². The molecular weight excluding hydrogens is 260 g/mol. The predicted molar refractivity (Wildman–Crippen MR) is 86.0 cm³/mol. The summed E-state index contributed by atoms with van der Waals surface area (Å²) in [6.45, 7) is 4.51. The smallest absolute Gasteiger partial charge is 0.231 e. The van der Waals surface area contributed by atoms with Crippen molar-refractivity contribution in [2.45, 2.75) is 13.8 Å². The Bertz CT molecular complexity index is 762. The Kier molecular flexibility index (Phi) is 3.78. The lowest BCUT2D eigenvalue weighted by Crippen LogP contribution is -1.92. The third-order valence-corrected chi connectivity index (χ3v) is 3.43. The number of fused-ring (bicyclic) bond motifs is 2. The second-order valence-corrected chi connectivity index (χ2v) is 5.21. The van der Waals surface area contributed by atoms with Crippen LogP contribution in [-0.4, -0.2) is 6.79 Å². The minimum atomic E-state index is 0.360. The Hall–Kier alpha value is -2.48. The molecule has 0 fully saturated rings. The van der Waals surface area contributed by atoms with Crippen LogP contribution in [-0.2, 0) is 0 Å². The van der Waals surface area contributed by atoms with Gasteiger partial charge in [-0.2, -0.15) is 0 Å². The predicted octanol–water partition coefficient (Wildman–Crippen LogP) is 4.87. The lowest BCUT2D eigenvalue weighted by molar-refractivity contribution is 0.174. The van der Waals surface area contributed by atoms with Gasteiger partial charge in [-0.3, -0.25) is 0 Å². The van der Waals surface area contributed by atoms with Crippen molar-refractivity contribution in [3.05, 3.63) is 71.8 Å². The van der Waals surface area contributed by atoms with Gasteiger partial charge in [-0.25, -0.2) is 0 Å². The van der Waals surface area contributed by atoms with Gasteiger partial charge >= 0.3 is 0 Å². The van der Waals surface area contributed by atoms with E-state index < -0.39 is 0 Å². The van der Waals surface area contributed by atoms with E-state index >= 15 is 0 Å². The Balaban J connectivity index is 0.000000126. The molecule has 1 heterocycles. The van der Waals surface area contributed by atoms with Crippen LogP contribution in [0.1, 0.15) is 11.1 Å². The molecule has 1 aliphatic rings. The summed E-state index contributed by atoms with van der Waals surface area (Å²) < 4.78 is 10.3. The molecule has 0 atom stereocenters. The lowest BCUT2D eigenvalue weighted by Gasteiger charge is -1.96. The fourth-order valence-electron chi connectivity index (χ4n) is 2.31. The number of benzene rings is 3. The van der Waals surface area contributed by atoms with Crippen LogP contribution in [0.15, 0.2) is 60.7 Å². The van der Waals surface area contributed by atoms with Gasteiger partial charge in [-0.1, -0.05) is 54.1 Å². The van der Waals surface area contributed by atoms with Crippen molar-refractivity contribution in [2.75, 3.05) is 6.79 Å². The van der Waals surface area contributed by atoms with E-state index in [-0.39, 0.29) is 0 Å². The first-order valence-electron chi connectivity index (χ1n) is 7.04. The molecular formula is C19H18O2. The quantitative estimate of drug-likeness (QED) is 0.584. The standard InChI is InChI=1S/C11H10.C8H8O2/c1-9-6-7-10-4-2-3-5-11(10)8-9;1-6-2-3-7-8(4-6)10-5-9-7/h2-8H,1H3;2-4H,5H2,1H3. The van der Waals surface area contributed by atoms with E-state index in [1.54, 1.807) is 0 Å². The van der Waals surface area contributed by atoms with Crippen molar-refractivity contribution in [1.82, 2.24) is 0 Å². The Morgan fingerprint density at radius 1 is 0.667 bits per heavy atom. The molecule has 1 aliphatic heterocycles. The summed E-state index contributed by atoms with van der Waals surface area (Å²) in [5.74, 6) is 1.71. The van der Waals surface area contributed by atoms with Crippen molar-refractivity contribution < 1.29 is 9.47 Å². The minimum absolute atomic E-state index is 0.360. The van der Waals surface area contributed by atoms with Crippen LogP contribution in [0.2, 0.25) is 0 Å². The molecule has 2 heteroatoms. The second-order valence-electron chi connectivity index (χ2n) is 5.21. The monoisotopic (exact) mass is 278 g/mol. The third kappa shape index (κ3) is 3.16. The van der Waals surface area contributed by atoms with E-state index in [2.05, 4.69) is 49.4 Å². The maximum atomic E-state index is 5.16. The molecule has 0 N–H and O–H groups in total. The molecule has 0 saturated heterocycles. The summed E-state index contributed by atoms with van der Waals surface area (Å²) >= 11 is 0. The molecule has 3 aromatic carbocycles. The largest absolute Gasteiger partial charge is 0.454 e. The molecule has 21 heavy (non-hydrogen) atoms. The van der Waals surface area contributed by atoms with Gasteiger partial charge in [-0.15, -0.1) is 0 Å². The van der Waals surface area contributed by atoms with Crippen molar-refractivity contribution in [1.29, 1.82) is 0 Å². The van der Waals surface area contributed by atoms with Crippen LogP contribution in [0.25, 0.3) is 10.8 Å². The Morgan fingerprint density at radius 2 is 1.33 bits per heavy atom. The molecule has 4 rings (SSSR count). The highest BCUT2D eigenvalue weighted by Crippen LogP contribution is 2.31. The molecule has 0 unspecified atom stereocenters. The summed E-state index contributed by atoms with van der Waals surface area (Å²) in [4.78, 5) is 0. The van der Waals surface area contributed by atoms with E-state index in [9.17, 15) is 0 Å². The molecule has 0 spiro atoms. The topological polar surface area (TPSA) is 18.5 Å². The second kappa shape index (κ2) is 5.88. The zero-order valence-electron chi connectivity index (χ0n) is 12.3. The lowest BCUT2D eigenvalue weighted by atomic mass is 10.1. The van der Waals surface area contributed by atoms with Gasteiger partial charge in [0, 0.05) is 0 Å². The van der Waals surface area contributed by atoms with Gasteiger partial charge in [-0.05, 0) is 42.3 Å². The Morgan fingerprint density at radius 3 is 2.19 bits per heavy atom. The van der Waals surface area contributed by atoms with Crippen LogP contribution in [0.3, 0.4) is 0 Å². The number of hydrogen-bond acceptors (Lipinski definition) is 2. The first kappa shape index (κ1) is 13.5. The van der Waals surface area contributed by atoms with E-state index in [0.29, 0.717) is 6.79 Å². The van der Waals surface area contributed by atoms with Gasteiger partial charge in [0.1, 0.15) is 0 Å². The summed E-state index contributed by atoms with van der Waals surface area (Å²) in [7, 11) is 0. The SMILES string of the molecule is Cc1ccc2c(c1)OCO2.Cc1ccc2ccccc2c1. The number of ether oxygens (including phenoxy) is 2. The van der Waals surface area contributed by atoms with Gasteiger partial charge < -0.3 is 9.47 Å². The zero-order chi connectivity index (χ0) is 14.7. The van der Waals surface area contributed by atoms with E-state index in [1.807, 2.05) is 25.1 Å². The van der Waals surface area contributed by atoms with Crippen molar-refractivity contribution in [3.8, 4) is 11.5 Å². The highest BCUT2D eigenvalue weighted by Gasteiger charge is 2.11. The molecule has 0 aromatic heterocycles. The Labute approximate surface area is 124 Å². The summed E-state index contributed by atoms with van der Waals surface area (Å²) in [6, 6.07) is 20.8. The molecule has 0 saturated carbocycles. The molecule has 3 aromatic rings. The number of hydrogen-bond donors (Lipinski definition) is 0. The zero-order valence-corrected chi connectivity index (χ0v) is 12.3. The number of aryl methyl sites for hydroxylation is 2. The van der Waals surface area contributed by atoms with E-state index in [1.165, 1.54) is 21.9 Å². The van der Waals surface area contributed by atoms with Crippen LogP contribution < -0.4 is 9.47 Å². The van der Waals surface area contributed by atoms with Gasteiger partial charge in [0.05, 0.1) is 0 Å². The van der Waals surface area contributed by atoms with Crippen molar-refractivity contribution in [3.63, 3.8) is 0 Å².